The van der Waals surface area contributed by atoms with E-state index >= 15 is 0 Å². The van der Waals surface area contributed by atoms with E-state index in [4.69, 9.17) is 5.11 Å². The first-order valence-corrected chi connectivity index (χ1v) is 6.38. The van der Waals surface area contributed by atoms with Crippen LogP contribution >= 0.6 is 0 Å². The van der Waals surface area contributed by atoms with Crippen molar-refractivity contribution in [2.75, 3.05) is 6.61 Å². The molecule has 98 valence electrons. The highest BCUT2D eigenvalue weighted by Crippen LogP contribution is 2.06. The molecule has 0 fully saturated rings. The highest BCUT2D eigenvalue weighted by Gasteiger charge is 2.06. The zero-order chi connectivity index (χ0) is 13.0. The van der Waals surface area contributed by atoms with Gasteiger partial charge in [0.2, 0.25) is 0 Å². The molecule has 2 aromatic heterocycles. The van der Waals surface area contributed by atoms with Crippen LogP contribution in [0.25, 0.3) is 5.65 Å². The quantitative estimate of drug-likeness (QED) is 0.808. The molecular formula is C13H20N4O. The molecule has 0 amide bonds. The molecule has 5 nitrogen and oxygen atoms in total. The number of hydrogen-bond acceptors (Lipinski definition) is 4. The molecule has 0 saturated carbocycles. The summed E-state index contributed by atoms with van der Waals surface area (Å²) < 4.78 is 1.80. The maximum Gasteiger partial charge on any atom is 0.155 e. The number of rotatable bonds is 6. The summed E-state index contributed by atoms with van der Waals surface area (Å²) in [5, 5.41) is 16.7. The normalized spacial score (nSPS) is 13.1. The van der Waals surface area contributed by atoms with Crippen LogP contribution in [0.15, 0.2) is 18.5 Å². The SMILES string of the molecule is CCC(CCO)NCc1cnc2cc(C)nn2c1. The van der Waals surface area contributed by atoms with Gasteiger partial charge in [-0.05, 0) is 19.8 Å². The molecule has 0 aliphatic heterocycles. The van der Waals surface area contributed by atoms with Crippen molar-refractivity contribution in [3.05, 3.63) is 29.7 Å². The van der Waals surface area contributed by atoms with Crippen molar-refractivity contribution in [2.24, 2.45) is 0 Å². The molecule has 2 rings (SSSR count). The zero-order valence-corrected chi connectivity index (χ0v) is 10.9. The molecule has 18 heavy (non-hydrogen) atoms. The van der Waals surface area contributed by atoms with Gasteiger partial charge in [-0.1, -0.05) is 6.92 Å². The van der Waals surface area contributed by atoms with E-state index in [1.165, 1.54) is 0 Å². The summed E-state index contributed by atoms with van der Waals surface area (Å²) in [6.07, 6.45) is 5.66. The number of aryl methyl sites for hydroxylation is 1. The first-order chi connectivity index (χ1) is 8.72. The number of aromatic nitrogens is 3. The lowest BCUT2D eigenvalue weighted by atomic mass is 10.1. The molecule has 0 aliphatic rings. The molecular weight excluding hydrogens is 228 g/mol. The van der Waals surface area contributed by atoms with Gasteiger partial charge < -0.3 is 10.4 Å². The smallest absolute Gasteiger partial charge is 0.155 e. The van der Waals surface area contributed by atoms with Crippen LogP contribution in [0.1, 0.15) is 31.0 Å². The van der Waals surface area contributed by atoms with Crippen molar-refractivity contribution >= 4 is 5.65 Å². The van der Waals surface area contributed by atoms with E-state index < -0.39 is 0 Å². The maximum absolute atomic E-state index is 8.94. The number of hydrogen-bond donors (Lipinski definition) is 2. The predicted octanol–water partition coefficient (Wildman–Crippen LogP) is 1.29. The molecule has 0 bridgehead atoms. The summed E-state index contributed by atoms with van der Waals surface area (Å²) >= 11 is 0. The Hall–Kier alpha value is -1.46. The van der Waals surface area contributed by atoms with Crippen molar-refractivity contribution < 1.29 is 5.11 Å². The van der Waals surface area contributed by atoms with Crippen molar-refractivity contribution in [1.82, 2.24) is 19.9 Å². The summed E-state index contributed by atoms with van der Waals surface area (Å²) in [5.41, 5.74) is 2.94. The minimum Gasteiger partial charge on any atom is -0.396 e. The summed E-state index contributed by atoms with van der Waals surface area (Å²) in [4.78, 5) is 4.36. The number of nitrogens with one attached hydrogen (secondary N) is 1. The highest BCUT2D eigenvalue weighted by atomic mass is 16.3. The van der Waals surface area contributed by atoms with Crippen LogP contribution in [0.2, 0.25) is 0 Å². The summed E-state index contributed by atoms with van der Waals surface area (Å²) in [6.45, 7) is 5.05. The van der Waals surface area contributed by atoms with Gasteiger partial charge in [0.05, 0.1) is 5.69 Å². The lowest BCUT2D eigenvalue weighted by Crippen LogP contribution is -2.29. The van der Waals surface area contributed by atoms with Crippen molar-refractivity contribution in [3.63, 3.8) is 0 Å². The van der Waals surface area contributed by atoms with Crippen LogP contribution in [0, 0.1) is 6.92 Å². The Morgan fingerprint density at radius 3 is 3.06 bits per heavy atom. The fourth-order valence-electron chi connectivity index (χ4n) is 1.99. The third-order valence-electron chi connectivity index (χ3n) is 3.05. The second kappa shape index (κ2) is 5.93. The molecule has 0 spiro atoms. The van der Waals surface area contributed by atoms with E-state index in [-0.39, 0.29) is 6.61 Å². The Balaban J connectivity index is 2.02. The minimum atomic E-state index is 0.223. The summed E-state index contributed by atoms with van der Waals surface area (Å²) in [5.74, 6) is 0. The third-order valence-corrected chi connectivity index (χ3v) is 3.05. The van der Waals surface area contributed by atoms with Gasteiger partial charge in [0.25, 0.3) is 0 Å². The van der Waals surface area contributed by atoms with Crippen LogP contribution in [-0.2, 0) is 6.54 Å². The molecule has 2 aromatic rings. The lowest BCUT2D eigenvalue weighted by Gasteiger charge is -2.15. The van der Waals surface area contributed by atoms with Gasteiger partial charge >= 0.3 is 0 Å². The van der Waals surface area contributed by atoms with Gasteiger partial charge in [0.15, 0.2) is 5.65 Å². The fourth-order valence-corrected chi connectivity index (χ4v) is 1.99. The maximum atomic E-state index is 8.94. The third kappa shape index (κ3) is 3.05. The Bertz CT molecular complexity index is 509. The van der Waals surface area contributed by atoms with Gasteiger partial charge in [-0.2, -0.15) is 5.10 Å². The van der Waals surface area contributed by atoms with Crippen LogP contribution in [0.3, 0.4) is 0 Å². The van der Waals surface area contributed by atoms with Gasteiger partial charge in [-0.25, -0.2) is 9.50 Å². The number of fused-ring (bicyclic) bond motifs is 1. The Kier molecular flexibility index (Phi) is 4.28. The average Bonchev–Trinajstić information content (AvgIpc) is 2.73. The molecule has 1 unspecified atom stereocenters. The van der Waals surface area contributed by atoms with E-state index in [1.807, 2.05) is 25.4 Å². The summed E-state index contributed by atoms with van der Waals surface area (Å²) in [7, 11) is 0. The van der Waals surface area contributed by atoms with Crippen LogP contribution in [0.5, 0.6) is 0 Å². The molecule has 5 heteroatoms. The largest absolute Gasteiger partial charge is 0.396 e. The van der Waals surface area contributed by atoms with Crippen LogP contribution < -0.4 is 5.32 Å². The van der Waals surface area contributed by atoms with Crippen LogP contribution in [-0.4, -0.2) is 32.4 Å². The highest BCUT2D eigenvalue weighted by molar-refractivity contribution is 5.38. The molecule has 0 radical (unpaired) electrons. The Labute approximate surface area is 107 Å². The van der Waals surface area contributed by atoms with E-state index in [0.29, 0.717) is 6.04 Å². The first kappa shape index (κ1) is 13.0. The molecule has 0 saturated heterocycles. The minimum absolute atomic E-state index is 0.223. The second-order valence-corrected chi connectivity index (χ2v) is 4.55. The predicted molar refractivity (Wildman–Crippen MR) is 70.3 cm³/mol. The standard InChI is InChI=1S/C13H20N4O/c1-3-12(4-5-18)14-7-11-8-15-13-6-10(2)16-17(13)9-11/h6,8-9,12,14,18H,3-5,7H2,1-2H3. The Morgan fingerprint density at radius 1 is 1.50 bits per heavy atom. The van der Waals surface area contributed by atoms with Gasteiger partial charge in [-0.15, -0.1) is 0 Å². The molecule has 0 aromatic carbocycles. The molecule has 1 atom stereocenters. The average molecular weight is 248 g/mol. The first-order valence-electron chi connectivity index (χ1n) is 6.38. The van der Waals surface area contributed by atoms with Crippen molar-refractivity contribution in [3.8, 4) is 0 Å². The molecule has 2 heterocycles. The Morgan fingerprint density at radius 2 is 2.33 bits per heavy atom. The van der Waals surface area contributed by atoms with E-state index in [2.05, 4.69) is 22.3 Å². The molecule has 0 aliphatic carbocycles. The van der Waals surface area contributed by atoms with E-state index in [0.717, 1.165) is 36.3 Å². The number of aliphatic hydroxyl groups is 1. The monoisotopic (exact) mass is 248 g/mol. The van der Waals surface area contributed by atoms with Gasteiger partial charge in [0.1, 0.15) is 0 Å². The van der Waals surface area contributed by atoms with Crippen LogP contribution in [0.4, 0.5) is 0 Å². The van der Waals surface area contributed by atoms with Gasteiger partial charge in [-0.3, -0.25) is 0 Å². The second-order valence-electron chi connectivity index (χ2n) is 4.55. The number of aliphatic hydroxyl groups excluding tert-OH is 1. The van der Waals surface area contributed by atoms with Crippen molar-refractivity contribution in [2.45, 2.75) is 39.3 Å². The summed E-state index contributed by atoms with van der Waals surface area (Å²) in [6, 6.07) is 2.31. The van der Waals surface area contributed by atoms with Crippen molar-refractivity contribution in [1.29, 1.82) is 0 Å². The zero-order valence-electron chi connectivity index (χ0n) is 10.9. The van der Waals surface area contributed by atoms with Gasteiger partial charge in [0, 0.05) is 43.2 Å². The fraction of sp³-hybridized carbons (Fsp3) is 0.538. The van der Waals surface area contributed by atoms with E-state index in [9.17, 15) is 0 Å². The topological polar surface area (TPSA) is 62.5 Å². The lowest BCUT2D eigenvalue weighted by molar-refractivity contribution is 0.262. The molecule has 2 N–H and O–H groups in total. The van der Waals surface area contributed by atoms with E-state index in [1.54, 1.807) is 4.52 Å². The number of nitrogens with zero attached hydrogens (tertiary/aromatic N) is 3.